The van der Waals surface area contributed by atoms with E-state index in [2.05, 4.69) is 11.8 Å². The molecule has 0 bridgehead atoms. The summed E-state index contributed by atoms with van der Waals surface area (Å²) in [5.74, 6) is 1.20. The lowest BCUT2D eigenvalue weighted by atomic mass is 9.95. The number of ketones is 1. The van der Waals surface area contributed by atoms with Gasteiger partial charge in [0.1, 0.15) is 0 Å². The maximum Gasteiger partial charge on any atom is 0.172 e. The van der Waals surface area contributed by atoms with Crippen molar-refractivity contribution in [2.75, 3.05) is 19.6 Å². The molecule has 1 saturated heterocycles. The molecule has 2 rings (SSSR count). The number of likely N-dealkylation sites (tertiary alicyclic amines) is 1. The summed E-state index contributed by atoms with van der Waals surface area (Å²) in [7, 11) is 0. The quantitative estimate of drug-likeness (QED) is 0.729. The van der Waals surface area contributed by atoms with Gasteiger partial charge in [-0.3, -0.25) is 4.79 Å². The van der Waals surface area contributed by atoms with Crippen molar-refractivity contribution in [1.82, 2.24) is 4.90 Å². The Labute approximate surface area is 114 Å². The predicted molar refractivity (Wildman–Crippen MR) is 77.3 cm³/mol. The first-order chi connectivity index (χ1) is 8.79. The standard InChI is InChI=1S/C15H23NOS/c1-2-13-6-3-9-16(12-13)10-4-7-14(17)15-8-5-11-18-15/h5,8,11,13H,2-4,6-7,9-10,12H2,1H3. The van der Waals surface area contributed by atoms with Gasteiger partial charge in [-0.15, -0.1) is 11.3 Å². The van der Waals surface area contributed by atoms with Gasteiger partial charge in [0.25, 0.3) is 0 Å². The summed E-state index contributed by atoms with van der Waals surface area (Å²) in [5, 5.41) is 1.98. The van der Waals surface area contributed by atoms with Gasteiger partial charge >= 0.3 is 0 Å². The fourth-order valence-corrected chi connectivity index (χ4v) is 3.41. The first-order valence-electron chi connectivity index (χ1n) is 7.08. The van der Waals surface area contributed by atoms with Crippen LogP contribution < -0.4 is 0 Å². The molecule has 0 amide bonds. The number of piperidine rings is 1. The lowest BCUT2D eigenvalue weighted by Gasteiger charge is -2.32. The molecule has 0 radical (unpaired) electrons. The Morgan fingerprint density at radius 1 is 1.56 bits per heavy atom. The van der Waals surface area contributed by atoms with E-state index in [-0.39, 0.29) is 0 Å². The molecule has 1 aliphatic rings. The average molecular weight is 265 g/mol. The molecule has 1 fully saturated rings. The maximum atomic E-state index is 11.9. The average Bonchev–Trinajstić information content (AvgIpc) is 2.93. The number of carbonyl (C=O) groups is 1. The highest BCUT2D eigenvalue weighted by atomic mass is 32.1. The Balaban J connectivity index is 1.67. The Morgan fingerprint density at radius 3 is 3.17 bits per heavy atom. The van der Waals surface area contributed by atoms with E-state index < -0.39 is 0 Å². The normalized spacial score (nSPS) is 21.1. The minimum absolute atomic E-state index is 0.314. The summed E-state index contributed by atoms with van der Waals surface area (Å²) in [6, 6.07) is 3.88. The van der Waals surface area contributed by atoms with Gasteiger partial charge in [-0.2, -0.15) is 0 Å². The van der Waals surface area contributed by atoms with Crippen LogP contribution in [0.2, 0.25) is 0 Å². The monoisotopic (exact) mass is 265 g/mol. The maximum absolute atomic E-state index is 11.9. The van der Waals surface area contributed by atoms with Gasteiger partial charge < -0.3 is 4.90 Å². The number of nitrogens with zero attached hydrogens (tertiary/aromatic N) is 1. The fourth-order valence-electron chi connectivity index (χ4n) is 2.71. The molecule has 100 valence electrons. The SMILES string of the molecule is CCC1CCCN(CCCC(=O)c2cccs2)C1. The summed E-state index contributed by atoms with van der Waals surface area (Å²) in [4.78, 5) is 15.3. The van der Waals surface area contributed by atoms with Gasteiger partial charge in [0.2, 0.25) is 0 Å². The van der Waals surface area contributed by atoms with Gasteiger partial charge in [0, 0.05) is 13.0 Å². The second-order valence-electron chi connectivity index (χ2n) is 5.22. The Morgan fingerprint density at radius 2 is 2.44 bits per heavy atom. The Bertz CT molecular complexity index is 361. The molecular formula is C15H23NOS. The van der Waals surface area contributed by atoms with Gasteiger partial charge in [-0.1, -0.05) is 19.4 Å². The van der Waals surface area contributed by atoms with Crippen molar-refractivity contribution in [2.45, 2.75) is 39.0 Å². The summed E-state index contributed by atoms with van der Waals surface area (Å²) >= 11 is 1.56. The van der Waals surface area contributed by atoms with Crippen molar-refractivity contribution in [3.63, 3.8) is 0 Å². The van der Waals surface area contributed by atoms with Crippen molar-refractivity contribution >= 4 is 17.1 Å². The molecule has 1 atom stereocenters. The van der Waals surface area contributed by atoms with Gasteiger partial charge in [0.05, 0.1) is 4.88 Å². The molecule has 1 unspecified atom stereocenters. The van der Waals surface area contributed by atoms with Crippen molar-refractivity contribution in [1.29, 1.82) is 0 Å². The first kappa shape index (κ1) is 13.8. The number of thiophene rings is 1. The molecule has 1 aromatic heterocycles. The fraction of sp³-hybridized carbons (Fsp3) is 0.667. The molecular weight excluding hydrogens is 242 g/mol. The Hall–Kier alpha value is -0.670. The number of Topliss-reactive ketones (excluding diaryl/α,β-unsaturated/α-hetero) is 1. The Kier molecular flexibility index (Phi) is 5.39. The highest BCUT2D eigenvalue weighted by molar-refractivity contribution is 7.12. The first-order valence-corrected chi connectivity index (χ1v) is 7.96. The third-order valence-corrected chi connectivity index (χ3v) is 4.77. The van der Waals surface area contributed by atoms with E-state index in [9.17, 15) is 4.79 Å². The van der Waals surface area contributed by atoms with Crippen molar-refractivity contribution in [3.05, 3.63) is 22.4 Å². The summed E-state index contributed by atoms with van der Waals surface area (Å²) in [6.45, 7) is 5.84. The van der Waals surface area contributed by atoms with E-state index in [1.54, 1.807) is 11.3 Å². The largest absolute Gasteiger partial charge is 0.303 e. The van der Waals surface area contributed by atoms with E-state index in [0.29, 0.717) is 12.2 Å². The smallest absolute Gasteiger partial charge is 0.172 e. The molecule has 0 aliphatic carbocycles. The van der Waals surface area contributed by atoms with Gasteiger partial charge in [-0.25, -0.2) is 0 Å². The van der Waals surface area contributed by atoms with Crippen LogP contribution in [0.15, 0.2) is 17.5 Å². The van der Waals surface area contributed by atoms with E-state index in [0.717, 1.165) is 23.8 Å². The molecule has 2 nitrogen and oxygen atoms in total. The third kappa shape index (κ3) is 3.92. The number of hydrogen-bond donors (Lipinski definition) is 0. The molecule has 18 heavy (non-hydrogen) atoms. The molecule has 0 N–H and O–H groups in total. The number of hydrogen-bond acceptors (Lipinski definition) is 3. The van der Waals surface area contributed by atoms with E-state index in [1.807, 2.05) is 17.5 Å². The predicted octanol–water partition coefficient (Wildman–Crippen LogP) is 3.83. The number of carbonyl (C=O) groups excluding carboxylic acids is 1. The molecule has 1 aromatic rings. The van der Waals surface area contributed by atoms with E-state index >= 15 is 0 Å². The minimum Gasteiger partial charge on any atom is -0.303 e. The van der Waals surface area contributed by atoms with Crippen LogP contribution in [0.4, 0.5) is 0 Å². The van der Waals surface area contributed by atoms with Crippen LogP contribution in [0.5, 0.6) is 0 Å². The molecule has 0 saturated carbocycles. The van der Waals surface area contributed by atoms with Crippen molar-refractivity contribution in [2.24, 2.45) is 5.92 Å². The van der Waals surface area contributed by atoms with E-state index in [4.69, 9.17) is 0 Å². The van der Waals surface area contributed by atoms with E-state index in [1.165, 1.54) is 32.4 Å². The molecule has 0 spiro atoms. The number of rotatable bonds is 6. The van der Waals surface area contributed by atoms with Crippen LogP contribution in [-0.2, 0) is 0 Å². The lowest BCUT2D eigenvalue weighted by molar-refractivity contribution is 0.0972. The van der Waals surface area contributed by atoms with Gasteiger partial charge in [0.15, 0.2) is 5.78 Å². The minimum atomic E-state index is 0.314. The van der Waals surface area contributed by atoms with Crippen LogP contribution in [0, 0.1) is 5.92 Å². The molecule has 3 heteroatoms. The zero-order chi connectivity index (χ0) is 12.8. The molecule has 2 heterocycles. The molecule has 1 aliphatic heterocycles. The van der Waals surface area contributed by atoms with Crippen LogP contribution in [-0.4, -0.2) is 30.3 Å². The summed E-state index contributed by atoms with van der Waals surface area (Å²) in [6.07, 6.45) is 5.73. The zero-order valence-electron chi connectivity index (χ0n) is 11.2. The van der Waals surface area contributed by atoms with Gasteiger partial charge in [-0.05, 0) is 49.7 Å². The van der Waals surface area contributed by atoms with Crippen molar-refractivity contribution in [3.8, 4) is 0 Å². The van der Waals surface area contributed by atoms with Crippen LogP contribution in [0.3, 0.4) is 0 Å². The van der Waals surface area contributed by atoms with Crippen molar-refractivity contribution < 1.29 is 4.79 Å². The topological polar surface area (TPSA) is 20.3 Å². The van der Waals surface area contributed by atoms with Crippen LogP contribution in [0.1, 0.15) is 48.7 Å². The summed E-state index contributed by atoms with van der Waals surface area (Å²) < 4.78 is 0. The lowest BCUT2D eigenvalue weighted by Crippen LogP contribution is -2.35. The van der Waals surface area contributed by atoms with Crippen LogP contribution >= 0.6 is 11.3 Å². The second-order valence-corrected chi connectivity index (χ2v) is 6.17. The zero-order valence-corrected chi connectivity index (χ0v) is 12.0. The summed E-state index contributed by atoms with van der Waals surface area (Å²) in [5.41, 5.74) is 0. The van der Waals surface area contributed by atoms with Crippen LogP contribution in [0.25, 0.3) is 0 Å². The molecule has 0 aromatic carbocycles. The third-order valence-electron chi connectivity index (χ3n) is 3.85. The highest BCUT2D eigenvalue weighted by Crippen LogP contribution is 2.19. The second kappa shape index (κ2) is 7.05. The highest BCUT2D eigenvalue weighted by Gasteiger charge is 2.18.